The molecule has 1 aliphatic heterocycles. The van der Waals surface area contributed by atoms with Crippen LogP contribution in [0, 0.1) is 17.6 Å². The summed E-state index contributed by atoms with van der Waals surface area (Å²) in [7, 11) is 0. The van der Waals surface area contributed by atoms with Crippen molar-refractivity contribution in [3.05, 3.63) is 59.7 Å². The lowest BCUT2D eigenvalue weighted by atomic mass is 10.0. The maximum atomic E-state index is 14.2. The molecular weight excluding hydrogens is 346 g/mol. The molecule has 2 aromatic rings. The number of carbonyl (C=O) groups is 1. The molecule has 1 aliphatic rings. The van der Waals surface area contributed by atoms with E-state index in [9.17, 15) is 13.6 Å². The largest absolute Gasteiger partial charge is 0.371 e. The Bertz CT molecular complexity index is 789. The van der Waals surface area contributed by atoms with E-state index in [0.29, 0.717) is 17.8 Å². The summed E-state index contributed by atoms with van der Waals surface area (Å²) in [5, 5.41) is 2.86. The highest BCUT2D eigenvalue weighted by Gasteiger charge is 2.25. The van der Waals surface area contributed by atoms with Gasteiger partial charge in [0.05, 0.1) is 5.92 Å². The van der Waals surface area contributed by atoms with Gasteiger partial charge in [0.1, 0.15) is 11.6 Å². The van der Waals surface area contributed by atoms with Crippen LogP contribution in [0.2, 0.25) is 0 Å². The van der Waals surface area contributed by atoms with Gasteiger partial charge in [-0.1, -0.05) is 26.3 Å². The third-order valence-corrected chi connectivity index (χ3v) is 5.12. The average Bonchev–Trinajstić information content (AvgIpc) is 2.88. The van der Waals surface area contributed by atoms with Crippen LogP contribution in [0.15, 0.2) is 42.5 Å². The van der Waals surface area contributed by atoms with Gasteiger partial charge in [-0.25, -0.2) is 8.78 Å². The third-order valence-electron chi connectivity index (χ3n) is 5.12. The second-order valence-corrected chi connectivity index (χ2v) is 7.50. The molecule has 1 atom stereocenters. The number of halogens is 2. The second kappa shape index (κ2) is 8.51. The SMILES string of the molecule is CC(C)c1ccc(NC(=O)C2CCCCN(c3ccc(F)cc3)C2)cc1F. The summed E-state index contributed by atoms with van der Waals surface area (Å²) in [5.74, 6) is -0.752. The summed E-state index contributed by atoms with van der Waals surface area (Å²) in [6, 6.07) is 11.2. The van der Waals surface area contributed by atoms with E-state index in [4.69, 9.17) is 0 Å². The molecule has 0 aromatic heterocycles. The maximum Gasteiger partial charge on any atom is 0.229 e. The fraction of sp³-hybridized carbons (Fsp3) is 0.409. The Kier molecular flexibility index (Phi) is 6.09. The molecular formula is C22H26F2N2O. The summed E-state index contributed by atoms with van der Waals surface area (Å²) < 4.78 is 27.4. The van der Waals surface area contributed by atoms with Crippen molar-refractivity contribution in [1.82, 2.24) is 0 Å². The van der Waals surface area contributed by atoms with E-state index in [2.05, 4.69) is 10.2 Å². The smallest absolute Gasteiger partial charge is 0.229 e. The van der Waals surface area contributed by atoms with Gasteiger partial charge >= 0.3 is 0 Å². The molecule has 1 amide bonds. The lowest BCUT2D eigenvalue weighted by Crippen LogP contribution is -2.34. The monoisotopic (exact) mass is 372 g/mol. The fourth-order valence-electron chi connectivity index (χ4n) is 3.56. The Morgan fingerprint density at radius 2 is 1.85 bits per heavy atom. The van der Waals surface area contributed by atoms with Crippen LogP contribution in [0.3, 0.4) is 0 Å². The molecule has 0 aliphatic carbocycles. The van der Waals surface area contributed by atoms with Crippen molar-refractivity contribution in [3.8, 4) is 0 Å². The van der Waals surface area contributed by atoms with E-state index in [1.165, 1.54) is 18.2 Å². The number of nitrogens with one attached hydrogen (secondary N) is 1. The van der Waals surface area contributed by atoms with Crippen LogP contribution in [-0.2, 0) is 4.79 Å². The number of rotatable bonds is 4. The molecule has 3 nitrogen and oxygen atoms in total. The summed E-state index contributed by atoms with van der Waals surface area (Å²) in [6.07, 6.45) is 2.73. The third kappa shape index (κ3) is 4.85. The van der Waals surface area contributed by atoms with Gasteiger partial charge in [-0.15, -0.1) is 0 Å². The molecule has 0 spiro atoms. The zero-order valence-corrected chi connectivity index (χ0v) is 15.8. The Morgan fingerprint density at radius 1 is 1.11 bits per heavy atom. The number of benzene rings is 2. The first kappa shape index (κ1) is 19.3. The van der Waals surface area contributed by atoms with Gasteiger partial charge in [0, 0.05) is 24.5 Å². The number of amides is 1. The second-order valence-electron chi connectivity index (χ2n) is 7.50. The molecule has 2 aromatic carbocycles. The quantitative estimate of drug-likeness (QED) is 0.786. The minimum atomic E-state index is -0.295. The number of hydrogen-bond acceptors (Lipinski definition) is 2. The molecule has 3 rings (SSSR count). The van der Waals surface area contributed by atoms with Crippen molar-refractivity contribution in [1.29, 1.82) is 0 Å². The van der Waals surface area contributed by atoms with Gasteiger partial charge in [0.25, 0.3) is 0 Å². The molecule has 27 heavy (non-hydrogen) atoms. The molecule has 1 saturated heterocycles. The highest BCUT2D eigenvalue weighted by atomic mass is 19.1. The van der Waals surface area contributed by atoms with Crippen molar-refractivity contribution in [2.45, 2.75) is 39.0 Å². The van der Waals surface area contributed by atoms with Crippen molar-refractivity contribution < 1.29 is 13.6 Å². The van der Waals surface area contributed by atoms with E-state index in [-0.39, 0.29) is 29.4 Å². The van der Waals surface area contributed by atoms with Crippen LogP contribution in [0.1, 0.15) is 44.6 Å². The van der Waals surface area contributed by atoms with Crippen LogP contribution in [-0.4, -0.2) is 19.0 Å². The van der Waals surface area contributed by atoms with Crippen molar-refractivity contribution in [3.63, 3.8) is 0 Å². The number of carbonyl (C=O) groups excluding carboxylic acids is 1. The van der Waals surface area contributed by atoms with Gasteiger partial charge in [-0.2, -0.15) is 0 Å². The van der Waals surface area contributed by atoms with E-state index >= 15 is 0 Å². The summed E-state index contributed by atoms with van der Waals surface area (Å²) >= 11 is 0. The average molecular weight is 372 g/mol. The first-order valence-corrected chi connectivity index (χ1v) is 9.55. The highest BCUT2D eigenvalue weighted by Crippen LogP contribution is 2.25. The normalized spacial score (nSPS) is 17.7. The van der Waals surface area contributed by atoms with Crippen molar-refractivity contribution in [2.24, 2.45) is 5.92 Å². The van der Waals surface area contributed by atoms with Crippen LogP contribution < -0.4 is 10.2 Å². The zero-order chi connectivity index (χ0) is 19.4. The predicted molar refractivity (Wildman–Crippen MR) is 105 cm³/mol. The minimum Gasteiger partial charge on any atom is -0.371 e. The minimum absolute atomic E-state index is 0.0966. The highest BCUT2D eigenvalue weighted by molar-refractivity contribution is 5.93. The van der Waals surface area contributed by atoms with E-state index in [1.54, 1.807) is 24.3 Å². The van der Waals surface area contributed by atoms with E-state index in [0.717, 1.165) is 31.5 Å². The van der Waals surface area contributed by atoms with Crippen LogP contribution in [0.5, 0.6) is 0 Å². The zero-order valence-electron chi connectivity index (χ0n) is 15.8. The molecule has 1 unspecified atom stereocenters. The fourth-order valence-corrected chi connectivity index (χ4v) is 3.56. The predicted octanol–water partition coefficient (Wildman–Crippen LogP) is 5.33. The number of anilines is 2. The van der Waals surface area contributed by atoms with Crippen molar-refractivity contribution >= 4 is 17.3 Å². The van der Waals surface area contributed by atoms with Crippen LogP contribution in [0.4, 0.5) is 20.2 Å². The number of hydrogen-bond donors (Lipinski definition) is 1. The molecule has 0 saturated carbocycles. The Morgan fingerprint density at radius 3 is 2.52 bits per heavy atom. The molecule has 1 heterocycles. The lowest BCUT2D eigenvalue weighted by Gasteiger charge is -2.26. The molecule has 1 fully saturated rings. The van der Waals surface area contributed by atoms with Gasteiger partial charge < -0.3 is 10.2 Å². The first-order valence-electron chi connectivity index (χ1n) is 9.55. The van der Waals surface area contributed by atoms with Crippen molar-refractivity contribution in [2.75, 3.05) is 23.3 Å². The van der Waals surface area contributed by atoms with Crippen LogP contribution >= 0.6 is 0 Å². The van der Waals surface area contributed by atoms with Gasteiger partial charge in [-0.05, 0) is 60.7 Å². The Hall–Kier alpha value is -2.43. The molecule has 144 valence electrons. The van der Waals surface area contributed by atoms with Crippen LogP contribution in [0.25, 0.3) is 0 Å². The lowest BCUT2D eigenvalue weighted by molar-refractivity contribution is -0.119. The Labute approximate surface area is 159 Å². The number of nitrogens with zero attached hydrogens (tertiary/aromatic N) is 1. The topological polar surface area (TPSA) is 32.3 Å². The van der Waals surface area contributed by atoms with E-state index < -0.39 is 0 Å². The summed E-state index contributed by atoms with van der Waals surface area (Å²) in [4.78, 5) is 14.9. The van der Waals surface area contributed by atoms with E-state index in [1.807, 2.05) is 13.8 Å². The molecule has 5 heteroatoms. The maximum absolute atomic E-state index is 14.2. The van der Waals surface area contributed by atoms with Gasteiger partial charge in [0.15, 0.2) is 0 Å². The standard InChI is InChI=1S/C22H26F2N2O/c1-15(2)20-11-8-18(13-21(20)24)25-22(27)16-5-3-4-12-26(14-16)19-9-6-17(23)7-10-19/h6-11,13,15-16H,3-5,12,14H2,1-2H3,(H,25,27). The first-order chi connectivity index (χ1) is 12.9. The molecule has 0 radical (unpaired) electrons. The Balaban J connectivity index is 1.69. The van der Waals surface area contributed by atoms with Gasteiger partial charge in [-0.3, -0.25) is 4.79 Å². The molecule has 0 bridgehead atoms. The molecule has 1 N–H and O–H groups in total. The van der Waals surface area contributed by atoms with Gasteiger partial charge in [0.2, 0.25) is 5.91 Å². The summed E-state index contributed by atoms with van der Waals surface area (Å²) in [6.45, 7) is 5.29. The summed E-state index contributed by atoms with van der Waals surface area (Å²) in [5.41, 5.74) is 2.05.